The predicted octanol–water partition coefficient (Wildman–Crippen LogP) is 3.67. The molecule has 2 atom stereocenters. The van der Waals surface area contributed by atoms with Crippen molar-refractivity contribution in [3.63, 3.8) is 0 Å². The first kappa shape index (κ1) is 16.6. The first-order valence-electron chi connectivity index (χ1n) is 9.88. The van der Waals surface area contributed by atoms with Crippen molar-refractivity contribution in [1.82, 2.24) is 14.8 Å². The minimum Gasteiger partial charge on any atom is -0.349 e. The molecule has 1 N–H and O–H groups in total. The summed E-state index contributed by atoms with van der Waals surface area (Å²) in [6, 6.07) is 18.9. The van der Waals surface area contributed by atoms with Gasteiger partial charge in [0, 0.05) is 48.3 Å². The molecular weight excluding hydrogens is 334 g/mol. The van der Waals surface area contributed by atoms with Crippen LogP contribution in [0.2, 0.25) is 0 Å². The first-order chi connectivity index (χ1) is 13.2. The minimum absolute atomic E-state index is 0.0436. The smallest absolute Gasteiger partial charge is 0.251 e. The first-order valence-corrected chi connectivity index (χ1v) is 9.88. The molecule has 2 aromatic carbocycles. The van der Waals surface area contributed by atoms with E-state index in [4.69, 9.17) is 0 Å². The number of benzene rings is 2. The maximum atomic E-state index is 12.6. The van der Waals surface area contributed by atoms with Gasteiger partial charge in [-0.3, -0.25) is 9.69 Å². The summed E-state index contributed by atoms with van der Waals surface area (Å²) >= 11 is 0. The molecule has 4 heteroatoms. The maximum Gasteiger partial charge on any atom is 0.251 e. The number of carbonyl (C=O) groups is 1. The molecule has 0 bridgehead atoms. The Balaban J connectivity index is 1.43. The fraction of sp³-hybridized carbons (Fsp3) is 0.348. The molecular formula is C23H25N3O. The molecule has 2 unspecified atom stereocenters. The monoisotopic (exact) mass is 359 g/mol. The summed E-state index contributed by atoms with van der Waals surface area (Å²) in [4.78, 5) is 15.2. The van der Waals surface area contributed by atoms with E-state index < -0.39 is 0 Å². The molecule has 3 heterocycles. The highest BCUT2D eigenvalue weighted by Gasteiger charge is 2.37. The van der Waals surface area contributed by atoms with Gasteiger partial charge in [-0.25, -0.2) is 0 Å². The van der Waals surface area contributed by atoms with Crippen LogP contribution in [-0.2, 0) is 13.5 Å². The minimum atomic E-state index is 0.0436. The molecule has 0 saturated carbocycles. The van der Waals surface area contributed by atoms with Crippen molar-refractivity contribution < 1.29 is 4.79 Å². The zero-order chi connectivity index (χ0) is 18.4. The Morgan fingerprint density at radius 3 is 2.67 bits per heavy atom. The van der Waals surface area contributed by atoms with Crippen molar-refractivity contribution in [1.29, 1.82) is 0 Å². The molecule has 5 rings (SSSR count). The van der Waals surface area contributed by atoms with Crippen LogP contribution in [0.4, 0.5) is 0 Å². The molecule has 0 aliphatic carbocycles. The zero-order valence-corrected chi connectivity index (χ0v) is 15.7. The molecule has 2 aliphatic rings. The van der Waals surface area contributed by atoms with Crippen LogP contribution in [0, 0.1) is 0 Å². The Bertz CT molecular complexity index is 992. The van der Waals surface area contributed by atoms with E-state index in [1.165, 1.54) is 22.2 Å². The Morgan fingerprint density at radius 1 is 1.04 bits per heavy atom. The van der Waals surface area contributed by atoms with Crippen molar-refractivity contribution in [3.8, 4) is 0 Å². The number of aryl methyl sites for hydroxylation is 1. The van der Waals surface area contributed by atoms with E-state index in [1.54, 1.807) is 0 Å². The highest BCUT2D eigenvalue weighted by Crippen LogP contribution is 2.40. The van der Waals surface area contributed by atoms with Crippen molar-refractivity contribution in [2.45, 2.75) is 31.3 Å². The normalized spacial score (nSPS) is 22.3. The van der Waals surface area contributed by atoms with Gasteiger partial charge < -0.3 is 9.88 Å². The van der Waals surface area contributed by atoms with Gasteiger partial charge in [-0.1, -0.05) is 36.4 Å². The second kappa shape index (κ2) is 6.54. The van der Waals surface area contributed by atoms with Gasteiger partial charge in [-0.05, 0) is 43.0 Å². The quantitative estimate of drug-likeness (QED) is 0.758. The second-order valence-electron chi connectivity index (χ2n) is 7.80. The van der Waals surface area contributed by atoms with Crippen molar-refractivity contribution >= 4 is 16.8 Å². The fourth-order valence-electron chi connectivity index (χ4n) is 4.99. The van der Waals surface area contributed by atoms with Crippen LogP contribution in [0.25, 0.3) is 10.9 Å². The van der Waals surface area contributed by atoms with Gasteiger partial charge in [0.2, 0.25) is 0 Å². The zero-order valence-electron chi connectivity index (χ0n) is 15.7. The predicted molar refractivity (Wildman–Crippen MR) is 108 cm³/mol. The van der Waals surface area contributed by atoms with Crippen LogP contribution in [0.5, 0.6) is 0 Å². The molecule has 1 saturated heterocycles. The van der Waals surface area contributed by atoms with Crippen LogP contribution < -0.4 is 5.32 Å². The van der Waals surface area contributed by atoms with E-state index in [1.807, 2.05) is 30.3 Å². The summed E-state index contributed by atoms with van der Waals surface area (Å²) in [5.41, 5.74) is 5.01. The Kier molecular flexibility index (Phi) is 4.01. The number of nitrogens with zero attached hydrogens (tertiary/aromatic N) is 2. The summed E-state index contributed by atoms with van der Waals surface area (Å²) in [5.74, 6) is 0.0436. The maximum absolute atomic E-state index is 12.6. The van der Waals surface area contributed by atoms with Gasteiger partial charge in [-0.2, -0.15) is 0 Å². The molecule has 27 heavy (non-hydrogen) atoms. The molecule has 138 valence electrons. The number of hydrogen-bond acceptors (Lipinski definition) is 2. The summed E-state index contributed by atoms with van der Waals surface area (Å²) < 4.78 is 2.38. The van der Waals surface area contributed by atoms with Crippen molar-refractivity contribution in [2.75, 3.05) is 13.1 Å². The number of aromatic nitrogens is 1. The molecule has 4 nitrogen and oxygen atoms in total. The third kappa shape index (κ3) is 2.76. The molecule has 0 spiro atoms. The Hall–Kier alpha value is -2.59. The number of nitrogens with one attached hydrogen (secondary N) is 1. The van der Waals surface area contributed by atoms with Gasteiger partial charge in [0.25, 0.3) is 5.91 Å². The lowest BCUT2D eigenvalue weighted by Crippen LogP contribution is -2.48. The van der Waals surface area contributed by atoms with E-state index in [2.05, 4.69) is 46.1 Å². The third-order valence-corrected chi connectivity index (χ3v) is 6.31. The van der Waals surface area contributed by atoms with Crippen molar-refractivity contribution in [2.24, 2.45) is 7.05 Å². The topological polar surface area (TPSA) is 37.3 Å². The molecule has 2 aliphatic heterocycles. The van der Waals surface area contributed by atoms with Gasteiger partial charge >= 0.3 is 0 Å². The lowest BCUT2D eigenvalue weighted by molar-refractivity contribution is 0.0834. The van der Waals surface area contributed by atoms with Crippen molar-refractivity contribution in [3.05, 3.63) is 71.4 Å². The molecule has 0 radical (unpaired) electrons. The summed E-state index contributed by atoms with van der Waals surface area (Å²) in [6.45, 7) is 2.16. The van der Waals surface area contributed by atoms with Crippen LogP contribution in [0.3, 0.4) is 0 Å². The van der Waals surface area contributed by atoms with Crippen LogP contribution >= 0.6 is 0 Å². The lowest BCUT2D eigenvalue weighted by atomic mass is 9.88. The second-order valence-corrected chi connectivity index (χ2v) is 7.80. The average molecular weight is 359 g/mol. The molecule has 1 aromatic heterocycles. The highest BCUT2D eigenvalue weighted by atomic mass is 16.1. The van der Waals surface area contributed by atoms with Crippen LogP contribution in [0.1, 0.15) is 40.5 Å². The lowest BCUT2D eigenvalue weighted by Gasteiger charge is -2.43. The Morgan fingerprint density at radius 2 is 1.81 bits per heavy atom. The van der Waals surface area contributed by atoms with E-state index in [0.717, 1.165) is 37.9 Å². The third-order valence-electron chi connectivity index (χ3n) is 6.31. The number of amides is 1. The highest BCUT2D eigenvalue weighted by molar-refractivity contribution is 5.94. The Labute approximate surface area is 159 Å². The number of fused-ring (bicyclic) bond motifs is 5. The summed E-state index contributed by atoms with van der Waals surface area (Å²) in [6.07, 6.45) is 3.12. The molecule has 1 amide bonds. The standard InChI is InChI=1S/C23H25N3O/c1-25-20-10-6-5-9-18(20)19-12-14-26-13-11-17(15-21(26)22(19)25)24-23(27)16-7-3-2-4-8-16/h2-10,17,21H,11-15H2,1H3,(H,24,27). The average Bonchev–Trinajstić information content (AvgIpc) is 3.01. The van der Waals surface area contributed by atoms with Crippen LogP contribution in [-0.4, -0.2) is 34.5 Å². The SMILES string of the molecule is Cn1c2c(c3ccccc31)CCN1CCC(NC(=O)c3ccccc3)CC21. The van der Waals surface area contributed by atoms with Crippen LogP contribution in [0.15, 0.2) is 54.6 Å². The summed E-state index contributed by atoms with van der Waals surface area (Å²) in [7, 11) is 2.19. The van der Waals surface area contributed by atoms with E-state index in [9.17, 15) is 4.79 Å². The number of piperidine rings is 1. The number of hydrogen-bond donors (Lipinski definition) is 1. The number of rotatable bonds is 2. The molecule has 3 aromatic rings. The number of carbonyl (C=O) groups excluding carboxylic acids is 1. The van der Waals surface area contributed by atoms with E-state index in [0.29, 0.717) is 6.04 Å². The van der Waals surface area contributed by atoms with E-state index >= 15 is 0 Å². The van der Waals surface area contributed by atoms with Gasteiger partial charge in [0.05, 0.1) is 6.04 Å². The van der Waals surface area contributed by atoms with Gasteiger partial charge in [0.15, 0.2) is 0 Å². The largest absolute Gasteiger partial charge is 0.349 e. The fourth-order valence-corrected chi connectivity index (χ4v) is 4.99. The van der Waals surface area contributed by atoms with Gasteiger partial charge in [0.1, 0.15) is 0 Å². The number of para-hydroxylation sites is 1. The molecule has 1 fully saturated rings. The summed E-state index contributed by atoms with van der Waals surface area (Å²) in [5, 5.41) is 4.67. The van der Waals surface area contributed by atoms with Gasteiger partial charge in [-0.15, -0.1) is 0 Å². The van der Waals surface area contributed by atoms with E-state index in [-0.39, 0.29) is 11.9 Å².